The molecule has 0 saturated carbocycles. The first-order valence-corrected chi connectivity index (χ1v) is 10.5. The first-order chi connectivity index (χ1) is 6.27. The molecule has 0 unspecified atom stereocenters. The van der Waals surface area contributed by atoms with E-state index in [1.165, 1.54) is 0 Å². The Morgan fingerprint density at radius 3 is 2.57 bits per heavy atom. The number of nitrogens with one attached hydrogen (secondary N) is 1. The van der Waals surface area contributed by atoms with E-state index in [1.807, 2.05) is 5.70 Å². The van der Waals surface area contributed by atoms with Crippen molar-refractivity contribution in [2.24, 2.45) is 0 Å². The first kappa shape index (κ1) is 14.2. The Bertz CT molecular complexity index is 277. The van der Waals surface area contributed by atoms with E-state index in [1.54, 1.807) is 0 Å². The molecule has 0 spiro atoms. The van der Waals surface area contributed by atoms with Crippen LogP contribution in [0.3, 0.4) is 0 Å². The van der Waals surface area contributed by atoms with Gasteiger partial charge in [0, 0.05) is 12.3 Å². The van der Waals surface area contributed by atoms with Gasteiger partial charge in [-0.25, -0.2) is 0 Å². The molecule has 0 radical (unpaired) electrons. The lowest BCUT2D eigenvalue weighted by Gasteiger charge is -2.17. The third-order valence-electron chi connectivity index (χ3n) is 1.64. The van der Waals surface area contributed by atoms with Crippen LogP contribution in [0.15, 0.2) is 12.3 Å². The van der Waals surface area contributed by atoms with Gasteiger partial charge in [0.25, 0.3) is 0 Å². The second-order valence-electron chi connectivity index (χ2n) is 3.62. The average Bonchev–Trinajstić information content (AvgIpc) is 2.01. The van der Waals surface area contributed by atoms with E-state index in [9.17, 15) is 8.42 Å². The third kappa shape index (κ3) is 8.76. The van der Waals surface area contributed by atoms with Crippen molar-refractivity contribution in [3.8, 4) is 0 Å². The van der Waals surface area contributed by atoms with Crippen molar-refractivity contribution in [1.82, 2.24) is 5.32 Å². The highest BCUT2D eigenvalue weighted by Gasteiger charge is 2.14. The van der Waals surface area contributed by atoms with Crippen LogP contribution in [0, 0.1) is 0 Å². The maximum Gasteiger partial charge on any atom is 0.319 e. The fourth-order valence-corrected chi connectivity index (χ4v) is 2.99. The summed E-state index contributed by atoms with van der Waals surface area (Å²) in [6.07, 6.45) is 0.878. The fraction of sp³-hybridized carbons (Fsp3) is 0.714. The molecule has 0 rings (SSSR count). The van der Waals surface area contributed by atoms with Crippen molar-refractivity contribution < 1.29 is 13.0 Å². The Hall–Kier alpha value is 0.177. The van der Waals surface area contributed by atoms with E-state index in [0.717, 1.165) is 6.17 Å². The summed E-state index contributed by atoms with van der Waals surface area (Å²) in [5, 5.41) is 3.14. The van der Waals surface area contributed by atoms with Gasteiger partial charge < -0.3 is 5.32 Å². The van der Waals surface area contributed by atoms with E-state index in [-0.39, 0.29) is 0 Å². The molecule has 0 aromatic heterocycles. The topological polar surface area (TPSA) is 66.4 Å². The Kier molecular flexibility index (Phi) is 5.99. The van der Waals surface area contributed by atoms with Crippen molar-refractivity contribution in [2.45, 2.75) is 13.1 Å². The second-order valence-corrected chi connectivity index (χ2v) is 11.8. The highest BCUT2D eigenvalue weighted by Crippen LogP contribution is 2.07. The SMILES string of the molecule is C=C[Si](C)(C)CNCCSS(=O)(=O)O. The molecule has 0 aliphatic rings. The smallest absolute Gasteiger partial charge is 0.318 e. The summed E-state index contributed by atoms with van der Waals surface area (Å²) in [5.74, 6) is 0.362. The average molecular weight is 255 g/mol. The van der Waals surface area contributed by atoms with Gasteiger partial charge in [0.05, 0.1) is 8.07 Å². The summed E-state index contributed by atoms with van der Waals surface area (Å²) < 4.78 is 29.1. The van der Waals surface area contributed by atoms with Gasteiger partial charge in [-0.2, -0.15) is 8.42 Å². The Morgan fingerprint density at radius 1 is 1.57 bits per heavy atom. The highest BCUT2D eigenvalue weighted by molar-refractivity contribution is 8.69. The summed E-state index contributed by atoms with van der Waals surface area (Å²) in [6.45, 7) is 8.67. The molecule has 7 heteroatoms. The van der Waals surface area contributed by atoms with Crippen molar-refractivity contribution >= 4 is 28.0 Å². The standard InChI is InChI=1S/C7H17NO3S2Si/c1-4-14(2,3)7-8-5-6-12-13(9,10)11/h4,8H,1,5-7H2,2-3H3,(H,9,10,11). The van der Waals surface area contributed by atoms with Gasteiger partial charge in [-0.1, -0.05) is 13.1 Å². The molecule has 14 heavy (non-hydrogen) atoms. The summed E-state index contributed by atoms with van der Waals surface area (Å²) >= 11 is 0. The third-order valence-corrected chi connectivity index (χ3v) is 5.97. The molecular formula is C7H17NO3S2Si. The largest absolute Gasteiger partial charge is 0.319 e. The number of hydrogen-bond acceptors (Lipinski definition) is 4. The van der Waals surface area contributed by atoms with Crippen LogP contribution < -0.4 is 5.32 Å². The molecule has 0 atom stereocenters. The van der Waals surface area contributed by atoms with Crippen LogP contribution in [0.25, 0.3) is 0 Å². The fourth-order valence-electron chi connectivity index (χ4n) is 0.702. The lowest BCUT2D eigenvalue weighted by molar-refractivity contribution is 0.503. The van der Waals surface area contributed by atoms with Crippen LogP contribution in [0.2, 0.25) is 13.1 Å². The minimum absolute atomic E-state index is 0.362. The summed E-state index contributed by atoms with van der Waals surface area (Å²) in [6, 6.07) is 0. The minimum Gasteiger partial charge on any atom is -0.318 e. The van der Waals surface area contributed by atoms with Gasteiger partial charge in [0.2, 0.25) is 0 Å². The van der Waals surface area contributed by atoms with E-state index >= 15 is 0 Å². The van der Waals surface area contributed by atoms with Gasteiger partial charge in [0.15, 0.2) is 0 Å². The lowest BCUT2D eigenvalue weighted by atomic mass is 10.8. The molecule has 2 N–H and O–H groups in total. The van der Waals surface area contributed by atoms with Crippen molar-refractivity contribution in [1.29, 1.82) is 0 Å². The molecule has 0 aromatic carbocycles. The molecule has 0 fully saturated rings. The molecule has 0 aliphatic heterocycles. The summed E-state index contributed by atoms with van der Waals surface area (Å²) in [4.78, 5) is 0. The van der Waals surface area contributed by atoms with Gasteiger partial charge in [-0.15, -0.1) is 12.3 Å². The second kappa shape index (κ2) is 5.91. The van der Waals surface area contributed by atoms with E-state index in [0.29, 0.717) is 23.1 Å². The van der Waals surface area contributed by atoms with Gasteiger partial charge in [-0.05, 0) is 17.0 Å². The van der Waals surface area contributed by atoms with Crippen molar-refractivity contribution in [2.75, 3.05) is 18.5 Å². The van der Waals surface area contributed by atoms with Gasteiger partial charge in [0.1, 0.15) is 0 Å². The van der Waals surface area contributed by atoms with Crippen molar-refractivity contribution in [3.05, 3.63) is 12.3 Å². The highest BCUT2D eigenvalue weighted by atomic mass is 33.1. The maximum absolute atomic E-state index is 10.3. The van der Waals surface area contributed by atoms with Crippen LogP contribution in [-0.2, 0) is 9.15 Å². The zero-order chi connectivity index (χ0) is 11.2. The maximum atomic E-state index is 10.3. The van der Waals surface area contributed by atoms with Crippen molar-refractivity contribution in [3.63, 3.8) is 0 Å². The molecular weight excluding hydrogens is 238 g/mol. The molecule has 0 heterocycles. The predicted molar refractivity (Wildman–Crippen MR) is 64.6 cm³/mol. The van der Waals surface area contributed by atoms with E-state index in [4.69, 9.17) is 4.55 Å². The molecule has 0 saturated heterocycles. The van der Waals surface area contributed by atoms with E-state index < -0.39 is 17.2 Å². The molecule has 4 nitrogen and oxygen atoms in total. The molecule has 0 aromatic rings. The van der Waals surface area contributed by atoms with Gasteiger partial charge >= 0.3 is 9.15 Å². The number of hydrogen-bond donors (Lipinski definition) is 2. The van der Waals surface area contributed by atoms with Gasteiger partial charge in [-0.3, -0.25) is 4.55 Å². The molecule has 84 valence electrons. The molecule has 0 amide bonds. The lowest BCUT2D eigenvalue weighted by Crippen LogP contribution is -2.38. The Labute approximate surface area is 90.3 Å². The number of rotatable bonds is 7. The predicted octanol–water partition coefficient (Wildman–Crippen LogP) is 1.08. The van der Waals surface area contributed by atoms with Crippen LogP contribution >= 0.6 is 10.8 Å². The van der Waals surface area contributed by atoms with Crippen LogP contribution in [0.5, 0.6) is 0 Å². The Morgan fingerprint density at radius 2 is 2.14 bits per heavy atom. The monoisotopic (exact) mass is 255 g/mol. The molecule has 0 bridgehead atoms. The quantitative estimate of drug-likeness (QED) is 0.308. The van der Waals surface area contributed by atoms with Crippen LogP contribution in [0.4, 0.5) is 0 Å². The Balaban J connectivity index is 3.53. The zero-order valence-electron chi connectivity index (χ0n) is 8.49. The van der Waals surface area contributed by atoms with Crippen LogP contribution in [-0.4, -0.2) is 39.5 Å². The molecule has 0 aliphatic carbocycles. The van der Waals surface area contributed by atoms with E-state index in [2.05, 4.69) is 25.0 Å². The summed E-state index contributed by atoms with van der Waals surface area (Å²) in [7, 11) is -4.67. The first-order valence-electron chi connectivity index (χ1n) is 4.23. The minimum atomic E-state index is -3.88. The van der Waals surface area contributed by atoms with Crippen LogP contribution in [0.1, 0.15) is 0 Å². The zero-order valence-corrected chi connectivity index (χ0v) is 11.1. The normalized spacial score (nSPS) is 12.8. The summed E-state index contributed by atoms with van der Waals surface area (Å²) in [5.41, 5.74) is 1.98.